The van der Waals surface area contributed by atoms with Crippen LogP contribution in [0, 0.1) is 0 Å². The number of hydrogen-bond acceptors (Lipinski definition) is 2. The van der Waals surface area contributed by atoms with E-state index in [4.69, 9.17) is 9.47 Å². The van der Waals surface area contributed by atoms with Gasteiger partial charge in [-0.1, -0.05) is 0 Å². The number of rotatable bonds is 0. The lowest BCUT2D eigenvalue weighted by Gasteiger charge is -2.33. The van der Waals surface area contributed by atoms with Crippen molar-refractivity contribution >= 4 is 0 Å². The van der Waals surface area contributed by atoms with Crippen LogP contribution in [0.1, 0.15) is 26.2 Å². The molecule has 4 fully saturated rings. The van der Waals surface area contributed by atoms with Gasteiger partial charge in [0.25, 0.3) is 0 Å². The first-order valence-corrected chi connectivity index (χ1v) is 4.08. The second-order valence-electron chi connectivity index (χ2n) is 4.05. The summed E-state index contributed by atoms with van der Waals surface area (Å²) in [4.78, 5) is 0. The molecule has 4 aliphatic rings. The zero-order chi connectivity index (χ0) is 6.77. The lowest BCUT2D eigenvalue weighted by Crippen LogP contribution is -2.37. The Morgan fingerprint density at radius 2 is 2.20 bits per heavy atom. The molecule has 2 nitrogen and oxygen atoms in total. The van der Waals surface area contributed by atoms with Gasteiger partial charge in [0.15, 0.2) is 0 Å². The zero-order valence-corrected chi connectivity index (χ0v) is 6.17. The van der Waals surface area contributed by atoms with Gasteiger partial charge in [0, 0.05) is 19.3 Å². The Balaban J connectivity index is 2.01. The maximum absolute atomic E-state index is 5.81. The van der Waals surface area contributed by atoms with E-state index in [-0.39, 0.29) is 5.60 Å². The van der Waals surface area contributed by atoms with E-state index in [9.17, 15) is 0 Å². The SMILES string of the molecule is C[C@@]12C[C@H]3C[C@@H](O1)[C@@H](C2)O3. The highest BCUT2D eigenvalue weighted by Crippen LogP contribution is 2.49. The lowest BCUT2D eigenvalue weighted by atomic mass is 9.93. The fraction of sp³-hybridized carbons (Fsp3) is 1.00. The van der Waals surface area contributed by atoms with Crippen LogP contribution in [-0.2, 0) is 9.47 Å². The molecule has 0 aromatic heterocycles. The van der Waals surface area contributed by atoms with Crippen molar-refractivity contribution in [1.82, 2.24) is 0 Å². The highest BCUT2D eigenvalue weighted by molar-refractivity contribution is 5.04. The summed E-state index contributed by atoms with van der Waals surface area (Å²) < 4.78 is 11.5. The van der Waals surface area contributed by atoms with Crippen LogP contribution in [0.4, 0.5) is 0 Å². The minimum atomic E-state index is 0.191. The van der Waals surface area contributed by atoms with Crippen molar-refractivity contribution in [3.63, 3.8) is 0 Å². The van der Waals surface area contributed by atoms with E-state index < -0.39 is 0 Å². The van der Waals surface area contributed by atoms with Crippen LogP contribution in [0.5, 0.6) is 0 Å². The highest BCUT2D eigenvalue weighted by atomic mass is 16.6. The van der Waals surface area contributed by atoms with Crippen LogP contribution in [0.2, 0.25) is 0 Å². The largest absolute Gasteiger partial charge is 0.372 e. The Labute approximate surface area is 60.5 Å². The lowest BCUT2D eigenvalue weighted by molar-refractivity contribution is -0.0907. The van der Waals surface area contributed by atoms with Crippen molar-refractivity contribution in [3.8, 4) is 0 Å². The summed E-state index contributed by atoms with van der Waals surface area (Å²) in [6.07, 6.45) is 4.84. The second-order valence-corrected chi connectivity index (χ2v) is 4.05. The van der Waals surface area contributed by atoms with Gasteiger partial charge in [-0.3, -0.25) is 0 Å². The quantitative estimate of drug-likeness (QED) is 0.501. The van der Waals surface area contributed by atoms with Gasteiger partial charge in [0.1, 0.15) is 0 Å². The average molecular weight is 140 g/mol. The summed E-state index contributed by atoms with van der Waals surface area (Å²) in [5.41, 5.74) is 0.191. The molecule has 10 heavy (non-hydrogen) atoms. The normalized spacial score (nSPS) is 63.9. The summed E-state index contributed by atoms with van der Waals surface area (Å²) in [5.74, 6) is 0. The predicted octanol–water partition coefficient (Wildman–Crippen LogP) is 1.10. The molecule has 4 bridgehead atoms. The molecule has 4 aliphatic heterocycles. The summed E-state index contributed by atoms with van der Waals surface area (Å²) in [6, 6.07) is 0. The van der Waals surface area contributed by atoms with Crippen LogP contribution < -0.4 is 0 Å². The fourth-order valence-corrected chi connectivity index (χ4v) is 2.69. The van der Waals surface area contributed by atoms with Gasteiger partial charge in [0.05, 0.1) is 23.9 Å². The van der Waals surface area contributed by atoms with Gasteiger partial charge in [-0.05, 0) is 6.92 Å². The van der Waals surface area contributed by atoms with Crippen molar-refractivity contribution in [2.24, 2.45) is 0 Å². The van der Waals surface area contributed by atoms with Crippen molar-refractivity contribution in [2.45, 2.75) is 50.1 Å². The molecule has 0 spiro atoms. The molecule has 0 aliphatic carbocycles. The van der Waals surface area contributed by atoms with Gasteiger partial charge in [-0.25, -0.2) is 0 Å². The molecule has 0 N–H and O–H groups in total. The monoisotopic (exact) mass is 140 g/mol. The predicted molar refractivity (Wildman–Crippen MR) is 35.8 cm³/mol. The molecule has 0 unspecified atom stereocenters. The molecule has 0 saturated carbocycles. The van der Waals surface area contributed by atoms with Crippen LogP contribution in [-0.4, -0.2) is 23.9 Å². The van der Waals surface area contributed by atoms with E-state index in [0.29, 0.717) is 18.3 Å². The van der Waals surface area contributed by atoms with Crippen molar-refractivity contribution in [2.75, 3.05) is 0 Å². The maximum Gasteiger partial charge on any atom is 0.0870 e. The van der Waals surface area contributed by atoms with E-state index in [1.165, 1.54) is 0 Å². The third-order valence-corrected chi connectivity index (χ3v) is 3.01. The van der Waals surface area contributed by atoms with Gasteiger partial charge in [-0.2, -0.15) is 0 Å². The molecule has 4 atom stereocenters. The number of ether oxygens (including phenoxy) is 2. The molecular formula is C8H12O2. The van der Waals surface area contributed by atoms with Gasteiger partial charge < -0.3 is 9.47 Å². The Hall–Kier alpha value is -0.0800. The van der Waals surface area contributed by atoms with Crippen LogP contribution in [0.15, 0.2) is 0 Å². The van der Waals surface area contributed by atoms with E-state index in [1.54, 1.807) is 0 Å². The smallest absolute Gasteiger partial charge is 0.0870 e. The molecular weight excluding hydrogens is 128 g/mol. The first kappa shape index (κ1) is 5.56. The fourth-order valence-electron chi connectivity index (χ4n) is 2.69. The van der Waals surface area contributed by atoms with Crippen LogP contribution in [0.25, 0.3) is 0 Å². The Morgan fingerprint density at radius 3 is 2.80 bits per heavy atom. The van der Waals surface area contributed by atoms with Crippen molar-refractivity contribution in [3.05, 3.63) is 0 Å². The van der Waals surface area contributed by atoms with E-state index in [2.05, 4.69) is 6.92 Å². The Kier molecular flexibility index (Phi) is 0.783. The number of hydrogen-bond donors (Lipinski definition) is 0. The van der Waals surface area contributed by atoms with Gasteiger partial charge in [-0.15, -0.1) is 0 Å². The van der Waals surface area contributed by atoms with Gasteiger partial charge in [0.2, 0.25) is 0 Å². The Bertz CT molecular complexity index is 159. The molecule has 0 radical (unpaired) electrons. The van der Waals surface area contributed by atoms with Crippen molar-refractivity contribution in [1.29, 1.82) is 0 Å². The molecule has 4 heterocycles. The first-order valence-electron chi connectivity index (χ1n) is 4.08. The topological polar surface area (TPSA) is 18.5 Å². The molecule has 56 valence electrons. The minimum Gasteiger partial charge on any atom is -0.372 e. The highest BCUT2D eigenvalue weighted by Gasteiger charge is 2.56. The first-order chi connectivity index (χ1) is 4.75. The maximum atomic E-state index is 5.81. The molecule has 4 saturated heterocycles. The van der Waals surface area contributed by atoms with E-state index >= 15 is 0 Å². The molecule has 4 rings (SSSR count). The molecule has 0 aromatic rings. The van der Waals surface area contributed by atoms with Crippen molar-refractivity contribution < 1.29 is 9.47 Å². The Morgan fingerprint density at radius 1 is 1.30 bits per heavy atom. The zero-order valence-electron chi connectivity index (χ0n) is 6.17. The van der Waals surface area contributed by atoms with Crippen LogP contribution >= 0.6 is 0 Å². The molecule has 2 heteroatoms. The third kappa shape index (κ3) is 0.523. The van der Waals surface area contributed by atoms with E-state index in [1.807, 2.05) is 0 Å². The summed E-state index contributed by atoms with van der Waals surface area (Å²) in [6.45, 7) is 2.22. The minimum absolute atomic E-state index is 0.191. The van der Waals surface area contributed by atoms with Gasteiger partial charge >= 0.3 is 0 Å². The summed E-state index contributed by atoms with van der Waals surface area (Å²) in [7, 11) is 0. The third-order valence-electron chi connectivity index (χ3n) is 3.01. The summed E-state index contributed by atoms with van der Waals surface area (Å²) in [5, 5.41) is 0. The second kappa shape index (κ2) is 1.41. The summed E-state index contributed by atoms with van der Waals surface area (Å²) >= 11 is 0. The standard InChI is InChI=1S/C8H12O2/c1-8-3-5-2-6(10-8)7(4-8)9-5/h5-7H,2-4H2,1H3/t5-,6-,7-,8+/m1/s1. The molecule has 0 aromatic carbocycles. The van der Waals surface area contributed by atoms with E-state index in [0.717, 1.165) is 19.3 Å². The molecule has 0 amide bonds. The van der Waals surface area contributed by atoms with Crippen LogP contribution in [0.3, 0.4) is 0 Å². The average Bonchev–Trinajstić information content (AvgIpc) is 2.16.